The first-order valence-electron chi connectivity index (χ1n) is 9.76. The predicted octanol–water partition coefficient (Wildman–Crippen LogP) is 2.03. The van der Waals surface area contributed by atoms with Crippen molar-refractivity contribution in [2.45, 2.75) is 38.1 Å². The van der Waals surface area contributed by atoms with Gasteiger partial charge in [0.15, 0.2) is 0 Å². The highest BCUT2D eigenvalue weighted by atomic mass is 32.2. The third-order valence-electron chi connectivity index (χ3n) is 5.17. The Morgan fingerprint density at radius 3 is 2.27 bits per heavy atom. The fraction of sp³-hybridized carbons (Fsp3) is 0.381. The monoisotopic (exact) mass is 432 g/mol. The van der Waals surface area contributed by atoms with Crippen LogP contribution in [0.2, 0.25) is 0 Å². The first kappa shape index (κ1) is 22.1. The predicted molar refractivity (Wildman–Crippen MR) is 118 cm³/mol. The number of para-hydroxylation sites is 2. The summed E-state index contributed by atoms with van der Waals surface area (Å²) in [5.74, 6) is 0.0462. The van der Waals surface area contributed by atoms with E-state index in [-0.39, 0.29) is 18.6 Å². The van der Waals surface area contributed by atoms with E-state index in [1.807, 2.05) is 19.1 Å². The number of nitrogens with zero attached hydrogens (tertiary/aromatic N) is 1. The summed E-state index contributed by atoms with van der Waals surface area (Å²) in [6, 6.07) is 13.5. The number of aryl methyl sites for hydroxylation is 1. The van der Waals surface area contributed by atoms with E-state index < -0.39 is 21.2 Å². The van der Waals surface area contributed by atoms with Gasteiger partial charge in [0.25, 0.3) is 0 Å². The molecule has 0 bridgehead atoms. The van der Waals surface area contributed by atoms with Crippen LogP contribution in [0, 0.1) is 6.92 Å². The fourth-order valence-corrected chi connectivity index (χ4v) is 5.80. The van der Waals surface area contributed by atoms with Gasteiger partial charge >= 0.3 is 0 Å². The number of carbonyl (C=O) groups is 1. The van der Waals surface area contributed by atoms with E-state index in [4.69, 9.17) is 4.74 Å². The van der Waals surface area contributed by atoms with Crippen LogP contribution in [0.25, 0.3) is 0 Å². The van der Waals surface area contributed by atoms with Crippen LogP contribution >= 0.6 is 0 Å². The Kier molecular flexibility index (Phi) is 6.64. The van der Waals surface area contributed by atoms with Crippen molar-refractivity contribution in [3.63, 3.8) is 0 Å². The van der Waals surface area contributed by atoms with Gasteiger partial charge in [0, 0.05) is 12.1 Å². The van der Waals surface area contributed by atoms with Crippen molar-refractivity contribution >= 4 is 27.3 Å². The second-order valence-corrected chi connectivity index (χ2v) is 9.48. The molecular weight excluding hydrogens is 404 g/mol. The van der Waals surface area contributed by atoms with Gasteiger partial charge in [-0.15, -0.1) is 0 Å². The molecule has 8 nitrogen and oxygen atoms in total. The van der Waals surface area contributed by atoms with E-state index in [0.717, 1.165) is 5.56 Å². The lowest BCUT2D eigenvalue weighted by Gasteiger charge is -2.30. The van der Waals surface area contributed by atoms with Gasteiger partial charge < -0.3 is 10.1 Å². The molecule has 3 rings (SSSR count). The molecule has 1 amide bonds. The van der Waals surface area contributed by atoms with Crippen LogP contribution < -0.4 is 25.2 Å². The summed E-state index contributed by atoms with van der Waals surface area (Å²) in [7, 11) is -2.34. The molecule has 1 saturated heterocycles. The Morgan fingerprint density at radius 1 is 1.07 bits per heavy atom. The van der Waals surface area contributed by atoms with Crippen LogP contribution in [-0.4, -0.2) is 45.3 Å². The summed E-state index contributed by atoms with van der Waals surface area (Å²) in [4.78, 5) is 12.9. The van der Waals surface area contributed by atoms with E-state index in [1.54, 1.807) is 50.2 Å². The van der Waals surface area contributed by atoms with Crippen molar-refractivity contribution in [2.75, 3.05) is 23.3 Å². The van der Waals surface area contributed by atoms with Gasteiger partial charge in [-0.05, 0) is 45.0 Å². The van der Waals surface area contributed by atoms with Gasteiger partial charge in [-0.2, -0.15) is 0 Å². The lowest BCUT2D eigenvalue weighted by atomic mass is 10.2. The first-order chi connectivity index (χ1) is 14.2. The van der Waals surface area contributed by atoms with E-state index >= 15 is 0 Å². The number of hydrazine groups is 1. The molecule has 2 aromatic carbocycles. The van der Waals surface area contributed by atoms with Gasteiger partial charge in [0.1, 0.15) is 17.5 Å². The summed E-state index contributed by atoms with van der Waals surface area (Å²) in [6.45, 7) is 5.19. The van der Waals surface area contributed by atoms with Crippen LogP contribution in [0.1, 0.15) is 19.4 Å². The summed E-state index contributed by atoms with van der Waals surface area (Å²) in [6.07, 6.45) is 0. The number of amides is 1. The number of hydrogen-bond donors (Lipinski definition) is 3. The molecule has 30 heavy (non-hydrogen) atoms. The van der Waals surface area contributed by atoms with Crippen molar-refractivity contribution in [1.82, 2.24) is 10.9 Å². The van der Waals surface area contributed by atoms with E-state index in [9.17, 15) is 13.2 Å². The number of rotatable bonds is 7. The number of ether oxygens (including phenoxy) is 1. The number of hydrogen-bond acceptors (Lipinski definition) is 6. The Labute approximate surface area is 177 Å². The molecule has 0 spiro atoms. The van der Waals surface area contributed by atoms with Crippen LogP contribution in [0.3, 0.4) is 0 Å². The summed E-state index contributed by atoms with van der Waals surface area (Å²) < 4.78 is 33.6. The van der Waals surface area contributed by atoms with E-state index in [1.165, 1.54) is 11.4 Å². The number of methoxy groups -OCH3 is 1. The van der Waals surface area contributed by atoms with Crippen molar-refractivity contribution in [1.29, 1.82) is 0 Å². The van der Waals surface area contributed by atoms with Gasteiger partial charge in [0.2, 0.25) is 15.9 Å². The lowest BCUT2D eigenvalue weighted by molar-refractivity contribution is -0.114. The molecule has 0 aliphatic carbocycles. The second kappa shape index (κ2) is 9.03. The molecule has 1 aliphatic rings. The van der Waals surface area contributed by atoms with E-state index in [2.05, 4.69) is 16.2 Å². The quantitative estimate of drug-likeness (QED) is 0.619. The Balaban J connectivity index is 1.92. The number of nitrogens with one attached hydrogen (secondary N) is 3. The molecule has 2 unspecified atom stereocenters. The molecule has 2 aromatic rings. The molecule has 162 valence electrons. The maximum absolute atomic E-state index is 13.6. The van der Waals surface area contributed by atoms with Crippen LogP contribution in [0.4, 0.5) is 11.4 Å². The minimum absolute atomic E-state index is 0.310. The Hall–Kier alpha value is -2.62. The molecule has 1 fully saturated rings. The summed E-state index contributed by atoms with van der Waals surface area (Å²) in [5.41, 5.74) is 7.88. The van der Waals surface area contributed by atoms with Crippen molar-refractivity contribution in [3.05, 3.63) is 54.1 Å². The zero-order valence-corrected chi connectivity index (χ0v) is 18.4. The van der Waals surface area contributed by atoms with Crippen molar-refractivity contribution in [2.24, 2.45) is 0 Å². The van der Waals surface area contributed by atoms with Gasteiger partial charge in [-0.25, -0.2) is 8.42 Å². The summed E-state index contributed by atoms with van der Waals surface area (Å²) in [5, 5.41) is 2.03. The van der Waals surface area contributed by atoms with Crippen molar-refractivity contribution in [3.8, 4) is 5.75 Å². The molecule has 0 aromatic heterocycles. The molecule has 1 aliphatic heterocycles. The topological polar surface area (TPSA) is 99.8 Å². The van der Waals surface area contributed by atoms with Crippen LogP contribution in [-0.2, 0) is 14.8 Å². The lowest BCUT2D eigenvalue weighted by Crippen LogP contribution is -2.49. The Morgan fingerprint density at radius 2 is 1.67 bits per heavy atom. The molecular formula is C21H28N4O4S. The highest BCUT2D eigenvalue weighted by Crippen LogP contribution is 2.27. The smallest absolute Gasteiger partial charge is 0.245 e. The highest BCUT2D eigenvalue weighted by Gasteiger charge is 2.44. The Bertz CT molecular complexity index is 984. The molecule has 2 atom stereocenters. The number of carbonyl (C=O) groups excluding carboxylic acids is 1. The minimum atomic E-state index is -3.85. The standard InChI is InChI=1S/C21H28N4O4S/c1-14-9-11-17(12-10-14)25(30(27,28)21-15(2)23-24-16(21)3)13-20(26)22-18-7-5-6-8-19(18)29-4/h5-12,15-16,21,23-24H,13H2,1-4H3,(H,22,26). The number of sulfonamides is 1. The second-order valence-electron chi connectivity index (χ2n) is 7.47. The number of anilines is 2. The third-order valence-corrected chi connectivity index (χ3v) is 7.62. The molecule has 1 heterocycles. The molecule has 9 heteroatoms. The highest BCUT2D eigenvalue weighted by molar-refractivity contribution is 7.93. The molecule has 0 radical (unpaired) electrons. The maximum Gasteiger partial charge on any atom is 0.245 e. The fourth-order valence-electron chi connectivity index (χ4n) is 3.63. The van der Waals surface area contributed by atoms with Gasteiger partial charge in [0.05, 0.1) is 18.5 Å². The van der Waals surface area contributed by atoms with Crippen LogP contribution in [0.15, 0.2) is 48.5 Å². The van der Waals surface area contributed by atoms with Crippen LogP contribution in [0.5, 0.6) is 5.75 Å². The maximum atomic E-state index is 13.6. The SMILES string of the molecule is COc1ccccc1NC(=O)CN(c1ccc(C)cc1)S(=O)(=O)C1C(C)NNC1C. The third kappa shape index (κ3) is 4.58. The average Bonchev–Trinajstić information content (AvgIpc) is 3.06. The van der Waals surface area contributed by atoms with Crippen molar-refractivity contribution < 1.29 is 17.9 Å². The summed E-state index contributed by atoms with van der Waals surface area (Å²) >= 11 is 0. The normalized spacial score (nSPS) is 21.3. The molecule has 0 saturated carbocycles. The largest absolute Gasteiger partial charge is 0.495 e. The minimum Gasteiger partial charge on any atom is -0.495 e. The first-order valence-corrected chi connectivity index (χ1v) is 11.3. The molecule has 3 N–H and O–H groups in total. The zero-order valence-electron chi connectivity index (χ0n) is 17.5. The van der Waals surface area contributed by atoms with E-state index in [0.29, 0.717) is 17.1 Å². The average molecular weight is 433 g/mol. The number of benzene rings is 2. The van der Waals surface area contributed by atoms with Gasteiger partial charge in [-0.3, -0.25) is 20.0 Å². The zero-order chi connectivity index (χ0) is 21.9. The van der Waals surface area contributed by atoms with Gasteiger partial charge in [-0.1, -0.05) is 29.8 Å².